The van der Waals surface area contributed by atoms with Crippen LogP contribution in [0, 0.1) is 5.41 Å². The smallest absolute Gasteiger partial charge is 0.387 e. The Kier molecular flexibility index (Phi) is 5.22. The van der Waals surface area contributed by atoms with E-state index in [0.717, 1.165) is 0 Å². The molecule has 0 aliphatic carbocycles. The van der Waals surface area contributed by atoms with E-state index < -0.39 is 6.61 Å². The highest BCUT2D eigenvalue weighted by atomic mass is 79.9. The lowest BCUT2D eigenvalue weighted by molar-refractivity contribution is -0.0498. The van der Waals surface area contributed by atoms with Crippen molar-refractivity contribution in [2.45, 2.75) is 27.4 Å². The molecule has 6 heteroatoms. The Morgan fingerprint density at radius 3 is 2.50 bits per heavy atom. The molecule has 1 aromatic carbocycles. The SMILES string of the molecule is CC(C)(C)CNc1cc(Cl)cc(Br)c1OC(F)F. The maximum Gasteiger partial charge on any atom is 0.387 e. The van der Waals surface area contributed by atoms with Crippen molar-refractivity contribution in [2.24, 2.45) is 5.41 Å². The first kappa shape index (κ1) is 15.5. The van der Waals surface area contributed by atoms with Crippen LogP contribution in [0.1, 0.15) is 20.8 Å². The zero-order valence-corrected chi connectivity index (χ0v) is 12.7. The van der Waals surface area contributed by atoms with Crippen LogP contribution in [0.15, 0.2) is 16.6 Å². The van der Waals surface area contributed by atoms with Crippen LogP contribution in [0.2, 0.25) is 5.02 Å². The Morgan fingerprint density at radius 2 is 2.00 bits per heavy atom. The van der Waals surface area contributed by atoms with Crippen LogP contribution in [0.25, 0.3) is 0 Å². The summed E-state index contributed by atoms with van der Waals surface area (Å²) >= 11 is 9.06. The molecule has 102 valence electrons. The zero-order valence-electron chi connectivity index (χ0n) is 10.4. The third kappa shape index (κ3) is 4.98. The molecule has 0 heterocycles. The molecule has 0 amide bonds. The van der Waals surface area contributed by atoms with Crippen LogP contribution in [-0.4, -0.2) is 13.2 Å². The second-order valence-corrected chi connectivity index (χ2v) is 6.35. The van der Waals surface area contributed by atoms with Gasteiger partial charge < -0.3 is 10.1 Å². The molecule has 0 atom stereocenters. The topological polar surface area (TPSA) is 21.3 Å². The molecule has 1 N–H and O–H groups in total. The monoisotopic (exact) mass is 341 g/mol. The third-order valence-electron chi connectivity index (χ3n) is 2.02. The van der Waals surface area contributed by atoms with E-state index in [1.165, 1.54) is 6.07 Å². The first-order chi connectivity index (χ1) is 8.19. The van der Waals surface area contributed by atoms with E-state index in [0.29, 0.717) is 21.7 Å². The second kappa shape index (κ2) is 6.06. The van der Waals surface area contributed by atoms with E-state index in [4.69, 9.17) is 11.6 Å². The number of nitrogens with one attached hydrogen (secondary N) is 1. The van der Waals surface area contributed by atoms with Crippen molar-refractivity contribution in [3.05, 3.63) is 21.6 Å². The van der Waals surface area contributed by atoms with E-state index in [1.807, 2.05) is 20.8 Å². The number of halogens is 4. The van der Waals surface area contributed by atoms with Gasteiger partial charge in [0.25, 0.3) is 0 Å². The van der Waals surface area contributed by atoms with Gasteiger partial charge in [0.1, 0.15) is 0 Å². The van der Waals surface area contributed by atoms with E-state index in [-0.39, 0.29) is 11.2 Å². The molecule has 0 spiro atoms. The Labute approximate surface area is 119 Å². The van der Waals surface area contributed by atoms with Gasteiger partial charge in [-0.1, -0.05) is 32.4 Å². The molecule has 0 aromatic heterocycles. The minimum absolute atomic E-state index is 0.0108. The summed E-state index contributed by atoms with van der Waals surface area (Å²) in [6.45, 7) is 3.84. The molecular formula is C12H15BrClF2NO. The maximum atomic E-state index is 12.4. The first-order valence-corrected chi connectivity index (χ1v) is 6.54. The Bertz CT molecular complexity index is 421. The summed E-state index contributed by atoms with van der Waals surface area (Å²) in [5, 5.41) is 3.51. The largest absolute Gasteiger partial charge is 0.431 e. The first-order valence-electron chi connectivity index (χ1n) is 5.37. The summed E-state index contributed by atoms with van der Waals surface area (Å²) in [5.41, 5.74) is 0.460. The van der Waals surface area contributed by atoms with Gasteiger partial charge >= 0.3 is 6.61 Å². The Hall–Kier alpha value is -0.550. The quantitative estimate of drug-likeness (QED) is 0.816. The predicted octanol–water partition coefficient (Wildman–Crippen LogP) is 5.16. The molecule has 1 rings (SSSR count). The van der Waals surface area contributed by atoms with Gasteiger partial charge in [0.15, 0.2) is 5.75 Å². The minimum atomic E-state index is -2.88. The van der Waals surface area contributed by atoms with Crippen LogP contribution < -0.4 is 10.1 Å². The van der Waals surface area contributed by atoms with Crippen LogP contribution in [0.4, 0.5) is 14.5 Å². The number of anilines is 1. The number of ether oxygens (including phenoxy) is 1. The van der Waals surface area contributed by atoms with Crippen molar-refractivity contribution in [3.63, 3.8) is 0 Å². The van der Waals surface area contributed by atoms with Gasteiger partial charge in [-0.15, -0.1) is 0 Å². The molecule has 1 aromatic rings. The van der Waals surface area contributed by atoms with Crippen LogP contribution >= 0.6 is 27.5 Å². The lowest BCUT2D eigenvalue weighted by Gasteiger charge is -2.21. The Morgan fingerprint density at radius 1 is 1.39 bits per heavy atom. The van der Waals surface area contributed by atoms with Gasteiger partial charge in [-0.25, -0.2) is 0 Å². The molecule has 0 saturated heterocycles. The molecular weight excluding hydrogens is 327 g/mol. The van der Waals surface area contributed by atoms with E-state index in [2.05, 4.69) is 26.0 Å². The number of hydrogen-bond donors (Lipinski definition) is 1. The van der Waals surface area contributed by atoms with Gasteiger partial charge in [0.05, 0.1) is 10.2 Å². The van der Waals surface area contributed by atoms with Crippen molar-refractivity contribution in [1.29, 1.82) is 0 Å². The van der Waals surface area contributed by atoms with Crippen molar-refractivity contribution in [1.82, 2.24) is 0 Å². The molecule has 0 fully saturated rings. The number of alkyl halides is 2. The standard InChI is InChI=1S/C12H15BrClF2NO/c1-12(2,3)6-17-9-5-7(14)4-8(13)10(9)18-11(15)16/h4-5,11,17H,6H2,1-3H3. The van der Waals surface area contributed by atoms with Gasteiger partial charge in [-0.3, -0.25) is 0 Å². The normalized spacial score (nSPS) is 11.8. The molecule has 18 heavy (non-hydrogen) atoms. The van der Waals surface area contributed by atoms with Crippen molar-refractivity contribution < 1.29 is 13.5 Å². The van der Waals surface area contributed by atoms with Gasteiger partial charge in [-0.2, -0.15) is 8.78 Å². The van der Waals surface area contributed by atoms with Crippen molar-refractivity contribution in [2.75, 3.05) is 11.9 Å². The van der Waals surface area contributed by atoms with Crippen molar-refractivity contribution in [3.8, 4) is 5.75 Å². The summed E-state index contributed by atoms with van der Waals surface area (Å²) in [5.74, 6) is 0.0682. The van der Waals surface area contributed by atoms with Crippen LogP contribution in [0.5, 0.6) is 5.75 Å². The highest BCUT2D eigenvalue weighted by Crippen LogP contribution is 2.38. The van der Waals surface area contributed by atoms with Crippen LogP contribution in [-0.2, 0) is 0 Å². The summed E-state index contributed by atoms with van der Waals surface area (Å²) in [6, 6.07) is 3.08. The molecule has 0 radical (unpaired) electrons. The predicted molar refractivity (Wildman–Crippen MR) is 73.7 cm³/mol. The average molecular weight is 343 g/mol. The van der Waals surface area contributed by atoms with Crippen molar-refractivity contribution >= 4 is 33.2 Å². The fraction of sp³-hybridized carbons (Fsp3) is 0.500. The fourth-order valence-corrected chi connectivity index (χ4v) is 2.16. The average Bonchev–Trinajstić information content (AvgIpc) is 2.17. The zero-order chi connectivity index (χ0) is 13.9. The fourth-order valence-electron chi connectivity index (χ4n) is 1.26. The molecule has 0 bridgehead atoms. The van der Waals surface area contributed by atoms with Gasteiger partial charge in [0.2, 0.25) is 0 Å². The second-order valence-electron chi connectivity index (χ2n) is 5.06. The molecule has 0 aliphatic heterocycles. The van der Waals surface area contributed by atoms with Gasteiger partial charge in [-0.05, 0) is 33.5 Å². The van der Waals surface area contributed by atoms with E-state index in [1.54, 1.807) is 6.07 Å². The summed E-state index contributed by atoms with van der Waals surface area (Å²) < 4.78 is 29.6. The minimum Gasteiger partial charge on any atom is -0.431 e. The third-order valence-corrected chi connectivity index (χ3v) is 2.83. The summed E-state index contributed by atoms with van der Waals surface area (Å²) in [7, 11) is 0. The molecule has 0 unspecified atom stereocenters. The number of benzene rings is 1. The lowest BCUT2D eigenvalue weighted by atomic mass is 9.97. The lowest BCUT2D eigenvalue weighted by Crippen LogP contribution is -2.19. The highest BCUT2D eigenvalue weighted by molar-refractivity contribution is 9.10. The number of hydrogen-bond acceptors (Lipinski definition) is 2. The van der Waals surface area contributed by atoms with Crippen LogP contribution in [0.3, 0.4) is 0 Å². The van der Waals surface area contributed by atoms with Gasteiger partial charge in [0, 0.05) is 11.6 Å². The number of rotatable bonds is 4. The molecule has 0 saturated carbocycles. The molecule has 0 aliphatic rings. The summed E-state index contributed by atoms with van der Waals surface area (Å²) in [4.78, 5) is 0. The van der Waals surface area contributed by atoms with E-state index in [9.17, 15) is 8.78 Å². The molecule has 2 nitrogen and oxygen atoms in total. The Balaban J connectivity index is 3.00. The summed E-state index contributed by atoms with van der Waals surface area (Å²) in [6.07, 6.45) is 0. The van der Waals surface area contributed by atoms with E-state index >= 15 is 0 Å². The maximum absolute atomic E-state index is 12.4. The highest BCUT2D eigenvalue weighted by Gasteiger charge is 2.17.